The maximum atomic E-state index is 10.4. The van der Waals surface area contributed by atoms with Gasteiger partial charge in [0.15, 0.2) is 5.66 Å². The SMILES string of the molecule is C/C(=C/C(C)[P+](=O)[O-])C(N)=O. The number of carbonyl (C=O) groups is 1. The molecule has 0 aliphatic carbocycles. The Labute approximate surface area is 66.0 Å². The lowest BCUT2D eigenvalue weighted by Crippen LogP contribution is -2.13. The van der Waals surface area contributed by atoms with Gasteiger partial charge in [0.1, 0.15) is 0 Å². The van der Waals surface area contributed by atoms with E-state index < -0.39 is 19.6 Å². The lowest BCUT2D eigenvalue weighted by Gasteiger charge is -1.96. The number of hydrogen-bond acceptors (Lipinski definition) is 3. The molecule has 0 radical (unpaired) electrons. The molecule has 0 aromatic carbocycles. The molecule has 5 heteroatoms. The van der Waals surface area contributed by atoms with E-state index in [1.54, 1.807) is 0 Å². The fraction of sp³-hybridized carbons (Fsp3) is 0.500. The predicted octanol–water partition coefficient (Wildman–Crippen LogP) is -0.0908. The molecule has 11 heavy (non-hydrogen) atoms. The number of rotatable bonds is 3. The molecule has 2 unspecified atom stereocenters. The van der Waals surface area contributed by atoms with Crippen LogP contribution in [0, 0.1) is 0 Å². The van der Waals surface area contributed by atoms with Crippen molar-refractivity contribution in [3.05, 3.63) is 11.6 Å². The highest BCUT2D eigenvalue weighted by Crippen LogP contribution is 2.18. The van der Waals surface area contributed by atoms with Crippen LogP contribution in [0.5, 0.6) is 0 Å². The Morgan fingerprint density at radius 3 is 2.45 bits per heavy atom. The van der Waals surface area contributed by atoms with Crippen LogP contribution in [0.15, 0.2) is 11.6 Å². The van der Waals surface area contributed by atoms with E-state index in [9.17, 15) is 14.3 Å². The molecule has 0 spiro atoms. The summed E-state index contributed by atoms with van der Waals surface area (Å²) >= 11 is 0. The minimum Gasteiger partial charge on any atom is -0.595 e. The van der Waals surface area contributed by atoms with Crippen molar-refractivity contribution in [2.75, 3.05) is 0 Å². The van der Waals surface area contributed by atoms with Crippen LogP contribution in [0.3, 0.4) is 0 Å². The second-order valence-corrected chi connectivity index (χ2v) is 3.63. The molecule has 0 aliphatic rings. The van der Waals surface area contributed by atoms with Crippen LogP contribution in [0.2, 0.25) is 0 Å². The van der Waals surface area contributed by atoms with E-state index in [0.29, 0.717) is 0 Å². The third kappa shape index (κ3) is 3.86. The van der Waals surface area contributed by atoms with Crippen LogP contribution in [0.1, 0.15) is 13.8 Å². The molecule has 0 heterocycles. The minimum atomic E-state index is -2.50. The Morgan fingerprint density at radius 2 is 2.18 bits per heavy atom. The van der Waals surface area contributed by atoms with Gasteiger partial charge in [-0.3, -0.25) is 4.79 Å². The van der Waals surface area contributed by atoms with Crippen molar-refractivity contribution >= 4 is 13.9 Å². The fourth-order valence-corrected chi connectivity index (χ4v) is 0.850. The Balaban J connectivity index is 4.31. The number of allylic oxidation sites excluding steroid dienone is 1. The van der Waals surface area contributed by atoms with Crippen LogP contribution in [-0.2, 0) is 9.36 Å². The van der Waals surface area contributed by atoms with Gasteiger partial charge in [0.2, 0.25) is 5.91 Å². The number of primary amides is 1. The highest BCUT2D eigenvalue weighted by atomic mass is 31.1. The third-order valence-corrected chi connectivity index (χ3v) is 2.03. The van der Waals surface area contributed by atoms with Crippen LogP contribution in [-0.4, -0.2) is 11.6 Å². The Hall–Kier alpha value is -0.730. The zero-order valence-corrected chi connectivity index (χ0v) is 7.30. The summed E-state index contributed by atoms with van der Waals surface area (Å²) < 4.78 is 10.3. The number of nitrogens with two attached hydrogens (primary N) is 1. The summed E-state index contributed by atoms with van der Waals surface area (Å²) in [6.45, 7) is 2.97. The van der Waals surface area contributed by atoms with Gasteiger partial charge in [-0.05, 0) is 19.9 Å². The lowest BCUT2D eigenvalue weighted by molar-refractivity contribution is -0.165. The predicted molar refractivity (Wildman–Crippen MR) is 40.0 cm³/mol. The van der Waals surface area contributed by atoms with Gasteiger partial charge in [-0.2, -0.15) is 0 Å². The Morgan fingerprint density at radius 1 is 1.73 bits per heavy atom. The molecule has 0 bridgehead atoms. The number of hydrogen-bond donors (Lipinski definition) is 1. The molecule has 2 N–H and O–H groups in total. The van der Waals surface area contributed by atoms with Crippen LogP contribution in [0.25, 0.3) is 0 Å². The van der Waals surface area contributed by atoms with E-state index in [1.807, 2.05) is 0 Å². The van der Waals surface area contributed by atoms with Gasteiger partial charge < -0.3 is 10.6 Å². The van der Waals surface area contributed by atoms with Crippen molar-refractivity contribution in [2.45, 2.75) is 19.5 Å². The summed E-state index contributed by atoms with van der Waals surface area (Å²) in [5, 5.41) is 0. The van der Waals surface area contributed by atoms with Crippen molar-refractivity contribution in [3.8, 4) is 0 Å². The van der Waals surface area contributed by atoms with E-state index >= 15 is 0 Å². The fourth-order valence-electron chi connectivity index (χ4n) is 0.505. The molecular weight excluding hydrogens is 165 g/mol. The first kappa shape index (κ1) is 10.3. The zero-order chi connectivity index (χ0) is 9.02. The van der Waals surface area contributed by atoms with Gasteiger partial charge in [0.05, 0.1) is 0 Å². The second-order valence-electron chi connectivity index (χ2n) is 2.24. The molecule has 62 valence electrons. The average Bonchev–Trinajstić information content (AvgIpc) is 1.87. The summed E-state index contributed by atoms with van der Waals surface area (Å²) in [5.41, 5.74) is 4.53. The van der Waals surface area contributed by atoms with E-state index in [-0.39, 0.29) is 5.57 Å². The summed E-state index contributed by atoms with van der Waals surface area (Å²) in [6.07, 6.45) is 1.33. The highest BCUT2D eigenvalue weighted by molar-refractivity contribution is 7.37. The summed E-state index contributed by atoms with van der Waals surface area (Å²) in [6, 6.07) is 0. The number of amides is 1. The quantitative estimate of drug-likeness (QED) is 0.480. The van der Waals surface area contributed by atoms with Gasteiger partial charge in [0.25, 0.3) is 0 Å². The van der Waals surface area contributed by atoms with E-state index in [2.05, 4.69) is 0 Å². The van der Waals surface area contributed by atoms with E-state index in [4.69, 9.17) is 5.73 Å². The van der Waals surface area contributed by atoms with Gasteiger partial charge >= 0.3 is 8.03 Å². The van der Waals surface area contributed by atoms with Gasteiger partial charge in [-0.1, -0.05) is 4.57 Å². The normalized spacial score (nSPS) is 15.9. The Kier molecular flexibility index (Phi) is 3.93. The molecule has 0 saturated carbocycles. The van der Waals surface area contributed by atoms with Crippen LogP contribution in [0.4, 0.5) is 0 Å². The molecule has 4 nitrogen and oxygen atoms in total. The molecule has 0 aromatic rings. The van der Waals surface area contributed by atoms with Crippen molar-refractivity contribution < 1.29 is 14.3 Å². The van der Waals surface area contributed by atoms with Crippen molar-refractivity contribution in [1.82, 2.24) is 0 Å². The minimum absolute atomic E-state index is 0.275. The zero-order valence-electron chi connectivity index (χ0n) is 6.40. The van der Waals surface area contributed by atoms with Gasteiger partial charge in [0, 0.05) is 5.57 Å². The van der Waals surface area contributed by atoms with Gasteiger partial charge in [-0.25, -0.2) is 0 Å². The molecule has 1 amide bonds. The van der Waals surface area contributed by atoms with Crippen molar-refractivity contribution in [3.63, 3.8) is 0 Å². The van der Waals surface area contributed by atoms with Crippen LogP contribution >= 0.6 is 8.03 Å². The van der Waals surface area contributed by atoms with E-state index in [0.717, 1.165) is 0 Å². The van der Waals surface area contributed by atoms with E-state index in [1.165, 1.54) is 19.9 Å². The molecular formula is C6H10NO3P. The monoisotopic (exact) mass is 175 g/mol. The summed E-state index contributed by atoms with van der Waals surface area (Å²) in [4.78, 5) is 20.7. The topological polar surface area (TPSA) is 83.2 Å². The number of carbonyl (C=O) groups excluding carboxylic acids is 1. The van der Waals surface area contributed by atoms with Crippen LogP contribution < -0.4 is 10.6 Å². The van der Waals surface area contributed by atoms with Crippen molar-refractivity contribution in [1.29, 1.82) is 0 Å². The summed E-state index contributed by atoms with van der Waals surface area (Å²) in [7, 11) is -2.50. The molecule has 0 aromatic heterocycles. The lowest BCUT2D eigenvalue weighted by atomic mass is 10.2. The first-order valence-corrected chi connectivity index (χ1v) is 4.31. The Bertz CT molecular complexity index is 212. The largest absolute Gasteiger partial charge is 0.595 e. The third-order valence-electron chi connectivity index (χ3n) is 1.21. The first-order valence-electron chi connectivity index (χ1n) is 3.07. The smallest absolute Gasteiger partial charge is 0.315 e. The van der Waals surface area contributed by atoms with Gasteiger partial charge in [-0.15, -0.1) is 0 Å². The standard InChI is InChI=1S/C6H10NO3P/c1-4(6(7)8)3-5(2)11(9)10/h3,5H,1-2H3,(H2,7,8)/b4-3-. The molecule has 0 rings (SSSR count). The average molecular weight is 175 g/mol. The molecule has 2 atom stereocenters. The second kappa shape index (κ2) is 4.21. The molecule has 0 aliphatic heterocycles. The molecule has 0 fully saturated rings. The van der Waals surface area contributed by atoms with Crippen molar-refractivity contribution in [2.24, 2.45) is 5.73 Å². The molecule has 0 saturated heterocycles. The summed E-state index contributed by atoms with van der Waals surface area (Å²) in [5.74, 6) is -0.589. The maximum absolute atomic E-state index is 10.4. The highest BCUT2D eigenvalue weighted by Gasteiger charge is 2.12. The first-order chi connectivity index (χ1) is 4.95. The maximum Gasteiger partial charge on any atom is 0.315 e.